The summed E-state index contributed by atoms with van der Waals surface area (Å²) in [5.74, 6) is -18.4. The van der Waals surface area contributed by atoms with E-state index in [1.165, 1.54) is 9.47 Å². The minimum absolute atomic E-state index is 1.47. The third-order valence-electron chi connectivity index (χ3n) is 4.38. The first-order valence-corrected chi connectivity index (χ1v) is 7.82. The first kappa shape index (κ1) is 31.5. The van der Waals surface area contributed by atoms with Crippen LogP contribution in [0.5, 0.6) is 0 Å². The van der Waals surface area contributed by atoms with E-state index in [4.69, 9.17) is 0 Å². The van der Waals surface area contributed by atoms with Gasteiger partial charge in [0.1, 0.15) is 0 Å². The van der Waals surface area contributed by atoms with Gasteiger partial charge in [-0.2, -0.15) is 96.6 Å². The van der Waals surface area contributed by atoms with E-state index in [1.54, 1.807) is 0 Å². The molecule has 0 atom stereocenters. The Balaban J connectivity index is 3.25. The van der Waals surface area contributed by atoms with Gasteiger partial charge in [-0.15, -0.1) is 9.80 Å². The number of alkyl halides is 22. The fourth-order valence-corrected chi connectivity index (χ4v) is 2.75. The number of rotatable bonds is 3. The predicted octanol–water partition coefficient (Wildman–Crippen LogP) is 6.21. The van der Waals surface area contributed by atoms with E-state index in [0.29, 0.717) is 0 Å². The Bertz CT molecular complexity index is 814. The van der Waals surface area contributed by atoms with Crippen LogP contribution in [-0.2, 0) is 9.47 Å². The summed E-state index contributed by atoms with van der Waals surface area (Å²) >= 11 is 0. The molecule has 0 aromatic heterocycles. The van der Waals surface area contributed by atoms with Crippen LogP contribution < -0.4 is 0 Å². The Labute approximate surface area is 184 Å². The van der Waals surface area contributed by atoms with Gasteiger partial charge < -0.3 is 0 Å². The van der Waals surface area contributed by atoms with Crippen molar-refractivity contribution in [1.29, 1.82) is 0 Å². The molecule has 0 saturated carbocycles. The van der Waals surface area contributed by atoms with Gasteiger partial charge in [0.05, 0.1) is 0 Å². The molecule has 0 radical (unpaired) electrons. The lowest BCUT2D eigenvalue weighted by Gasteiger charge is -2.59. The van der Waals surface area contributed by atoms with Crippen LogP contribution in [0, 0.1) is 0 Å². The molecule has 2 heterocycles. The van der Waals surface area contributed by atoms with Gasteiger partial charge in [-0.3, -0.25) is 0 Å². The third-order valence-corrected chi connectivity index (χ3v) is 4.38. The molecule has 0 amide bonds. The van der Waals surface area contributed by atoms with E-state index in [1.807, 2.05) is 0 Å². The first-order valence-electron chi connectivity index (χ1n) is 7.82. The summed E-state index contributed by atoms with van der Waals surface area (Å²) in [6, 6.07) is -33.5. The molecule has 0 bridgehead atoms. The zero-order chi connectivity index (χ0) is 30.1. The molecule has 26 heteroatoms. The maximum absolute atomic E-state index is 15.2. The van der Waals surface area contributed by atoms with Crippen LogP contribution in [0.15, 0.2) is 0 Å². The molecule has 220 valence electrons. The summed E-state index contributed by atoms with van der Waals surface area (Å²) in [5.41, 5.74) is 0. The van der Waals surface area contributed by atoms with E-state index in [0.717, 1.165) is 0 Å². The number of halogens is 22. The molecule has 2 fully saturated rings. The lowest BCUT2D eigenvalue weighted by molar-refractivity contribution is -0.636. The Kier molecular flexibility index (Phi) is 6.20. The van der Waals surface area contributed by atoms with E-state index in [-0.39, 0.29) is 0 Å². The van der Waals surface area contributed by atoms with Crippen molar-refractivity contribution < 1.29 is 106 Å². The van der Waals surface area contributed by atoms with Crippen LogP contribution >= 0.6 is 0 Å². The Morgan fingerprint density at radius 1 is 0.378 bits per heavy atom. The second-order valence-electron chi connectivity index (χ2n) is 6.77. The van der Waals surface area contributed by atoms with E-state index >= 15 is 4.39 Å². The average molecular weight is 610 g/mol. The van der Waals surface area contributed by atoms with Crippen molar-refractivity contribution in [2.75, 3.05) is 0 Å². The maximum atomic E-state index is 15.2. The first-order chi connectivity index (χ1) is 15.6. The molecule has 0 aromatic rings. The normalized spacial score (nSPS) is 30.6. The molecule has 4 nitrogen and oxygen atoms in total. The van der Waals surface area contributed by atoms with Crippen LogP contribution in [0.3, 0.4) is 0 Å². The molecule has 0 aliphatic carbocycles. The minimum atomic E-state index is -9.29. The molecule has 2 saturated heterocycles. The summed E-state index contributed by atoms with van der Waals surface area (Å²) in [5, 5.41) is 0. The number of ether oxygens (including phenoxy) is 2. The second kappa shape index (κ2) is 7.28. The lowest BCUT2D eigenvalue weighted by atomic mass is 10.0. The molecule has 0 spiro atoms. The van der Waals surface area contributed by atoms with Gasteiger partial charge in [-0.25, -0.2) is 9.47 Å². The highest BCUT2D eigenvalue weighted by molar-refractivity contribution is 5.12. The minimum Gasteiger partial charge on any atom is -0.243 e. The summed E-state index contributed by atoms with van der Waals surface area (Å²) < 4.78 is 302. The molecule has 37 heavy (non-hydrogen) atoms. The van der Waals surface area contributed by atoms with Crippen molar-refractivity contribution in [2.45, 2.75) is 66.6 Å². The summed E-state index contributed by atoms with van der Waals surface area (Å²) in [7, 11) is 0. The van der Waals surface area contributed by atoms with Gasteiger partial charge in [-0.1, -0.05) is 0 Å². The van der Waals surface area contributed by atoms with Crippen molar-refractivity contribution in [3.8, 4) is 0 Å². The standard InChI is InChI=1S/C11F22N2O2/c12-1(13,2(14,15)16)11(33,34-3(17,18)7(25,26)36-8(27,28)4(34,19)20)35-5(21,22)9(29,30)37-10(31,32)6(35,23)24. The van der Waals surface area contributed by atoms with Gasteiger partial charge >= 0.3 is 66.6 Å². The Morgan fingerprint density at radius 2 is 0.568 bits per heavy atom. The molecular weight excluding hydrogens is 610 g/mol. The molecule has 0 unspecified atom stereocenters. The highest BCUT2D eigenvalue weighted by Gasteiger charge is 2.98. The monoisotopic (exact) mass is 610 g/mol. The van der Waals surface area contributed by atoms with E-state index in [9.17, 15) is 92.2 Å². The molecule has 0 aromatic carbocycles. The topological polar surface area (TPSA) is 24.9 Å². The fraction of sp³-hybridized carbons (Fsp3) is 1.00. The van der Waals surface area contributed by atoms with Crippen molar-refractivity contribution in [1.82, 2.24) is 9.80 Å². The van der Waals surface area contributed by atoms with Crippen LogP contribution in [0.2, 0.25) is 0 Å². The van der Waals surface area contributed by atoms with Gasteiger partial charge in [0.2, 0.25) is 0 Å². The smallest absolute Gasteiger partial charge is 0.243 e. The van der Waals surface area contributed by atoms with E-state index in [2.05, 4.69) is 0 Å². The Hall–Kier alpha value is -1.70. The molecular formula is C11F22N2O2. The van der Waals surface area contributed by atoms with Crippen LogP contribution in [0.25, 0.3) is 0 Å². The number of hydrogen-bond acceptors (Lipinski definition) is 4. The second-order valence-corrected chi connectivity index (χ2v) is 6.77. The largest absolute Gasteiger partial charge is 0.459 e. The molecule has 2 aliphatic heterocycles. The third kappa shape index (κ3) is 3.56. The summed E-state index contributed by atoms with van der Waals surface area (Å²) in [4.78, 5) is -10.1. The Morgan fingerprint density at radius 3 is 0.730 bits per heavy atom. The highest BCUT2D eigenvalue weighted by Crippen LogP contribution is 2.68. The highest BCUT2D eigenvalue weighted by atomic mass is 19.4. The van der Waals surface area contributed by atoms with Crippen molar-refractivity contribution in [2.24, 2.45) is 0 Å². The number of nitrogens with zero attached hydrogens (tertiary/aromatic N) is 2. The summed E-state index contributed by atoms with van der Waals surface area (Å²) in [6.45, 7) is 0. The van der Waals surface area contributed by atoms with Crippen LogP contribution in [-0.4, -0.2) is 76.4 Å². The zero-order valence-corrected chi connectivity index (χ0v) is 15.5. The van der Waals surface area contributed by atoms with Gasteiger partial charge in [0.15, 0.2) is 0 Å². The number of morpholine rings is 2. The molecule has 2 rings (SSSR count). The molecule has 0 N–H and O–H groups in total. The lowest BCUT2D eigenvalue weighted by Crippen LogP contribution is -2.90. The number of hydrogen-bond donors (Lipinski definition) is 0. The van der Waals surface area contributed by atoms with Gasteiger partial charge in [0.25, 0.3) is 0 Å². The summed E-state index contributed by atoms with van der Waals surface area (Å²) in [6.07, 6.45) is -39.5. The van der Waals surface area contributed by atoms with Crippen molar-refractivity contribution in [3.05, 3.63) is 0 Å². The molecule has 2 aliphatic rings. The maximum Gasteiger partial charge on any atom is 0.459 e. The predicted molar refractivity (Wildman–Crippen MR) is 60.3 cm³/mol. The van der Waals surface area contributed by atoms with Crippen molar-refractivity contribution in [3.63, 3.8) is 0 Å². The van der Waals surface area contributed by atoms with Gasteiger partial charge in [0, 0.05) is 0 Å². The van der Waals surface area contributed by atoms with E-state index < -0.39 is 76.4 Å². The zero-order valence-electron chi connectivity index (χ0n) is 15.5. The van der Waals surface area contributed by atoms with Crippen LogP contribution in [0.1, 0.15) is 0 Å². The SMILES string of the molecule is FC(F)(F)C(F)(F)C(F)(N1C(F)(F)C(F)(F)OC(F)(F)C1(F)F)N1C(F)(F)C(F)(F)OC(F)(F)C1(F)F. The average Bonchev–Trinajstić information content (AvgIpc) is 2.55. The quantitative estimate of drug-likeness (QED) is 0.281. The van der Waals surface area contributed by atoms with Crippen LogP contribution in [0.4, 0.5) is 96.6 Å². The fourth-order valence-electron chi connectivity index (χ4n) is 2.75. The van der Waals surface area contributed by atoms with Gasteiger partial charge in [-0.05, 0) is 0 Å². The van der Waals surface area contributed by atoms with Crippen molar-refractivity contribution >= 4 is 0 Å².